The molecule has 1 aromatic carbocycles. The SMILES string of the molecule is O=C(CS)OCCOc1cc(I)ccc1C(=O)[O-]. The zero-order valence-corrected chi connectivity index (χ0v) is 12.3. The molecule has 7 heteroatoms. The summed E-state index contributed by atoms with van der Waals surface area (Å²) in [5.41, 5.74) is -0.0315. The van der Waals surface area contributed by atoms with E-state index in [0.29, 0.717) is 0 Å². The molecule has 0 aliphatic heterocycles. The highest BCUT2D eigenvalue weighted by atomic mass is 127. The Morgan fingerprint density at radius 1 is 1.33 bits per heavy atom. The van der Waals surface area contributed by atoms with Crippen molar-refractivity contribution in [3.8, 4) is 5.75 Å². The van der Waals surface area contributed by atoms with E-state index in [1.165, 1.54) is 6.07 Å². The first kappa shape index (κ1) is 15.1. The fourth-order valence-corrected chi connectivity index (χ4v) is 1.69. The summed E-state index contributed by atoms with van der Waals surface area (Å²) in [7, 11) is 0. The van der Waals surface area contributed by atoms with Gasteiger partial charge in [0.25, 0.3) is 0 Å². The van der Waals surface area contributed by atoms with Gasteiger partial charge in [0, 0.05) is 9.13 Å². The predicted octanol–water partition coefficient (Wildman–Crippen LogP) is 0.507. The summed E-state index contributed by atoms with van der Waals surface area (Å²) in [6.07, 6.45) is 0. The van der Waals surface area contributed by atoms with Crippen LogP contribution in [0.4, 0.5) is 0 Å². The minimum Gasteiger partial charge on any atom is -0.545 e. The van der Waals surface area contributed by atoms with E-state index in [1.807, 2.05) is 22.6 Å². The molecule has 18 heavy (non-hydrogen) atoms. The molecule has 0 atom stereocenters. The van der Waals surface area contributed by atoms with E-state index in [9.17, 15) is 14.7 Å². The number of hydrogen-bond acceptors (Lipinski definition) is 6. The number of carboxylic acid groups (broad SMARTS) is 1. The number of aromatic carboxylic acids is 1. The summed E-state index contributed by atoms with van der Waals surface area (Å²) >= 11 is 5.78. The van der Waals surface area contributed by atoms with Gasteiger partial charge in [0.05, 0.1) is 11.7 Å². The highest BCUT2D eigenvalue weighted by Gasteiger charge is 2.06. The number of carbonyl (C=O) groups excluding carboxylic acids is 2. The topological polar surface area (TPSA) is 75.7 Å². The molecule has 0 radical (unpaired) electrons. The lowest BCUT2D eigenvalue weighted by molar-refractivity contribution is -0.255. The van der Waals surface area contributed by atoms with Crippen molar-refractivity contribution in [1.82, 2.24) is 0 Å². The molecule has 0 heterocycles. The van der Waals surface area contributed by atoms with E-state index >= 15 is 0 Å². The van der Waals surface area contributed by atoms with Crippen LogP contribution < -0.4 is 9.84 Å². The second-order valence-electron chi connectivity index (χ2n) is 3.15. The number of benzene rings is 1. The summed E-state index contributed by atoms with van der Waals surface area (Å²) in [6.45, 7) is 0.108. The van der Waals surface area contributed by atoms with Crippen LogP contribution in [0.1, 0.15) is 10.4 Å². The average molecular weight is 381 g/mol. The molecule has 0 aliphatic rings. The average Bonchev–Trinajstić information content (AvgIpc) is 2.34. The van der Waals surface area contributed by atoms with Gasteiger partial charge in [-0.25, -0.2) is 0 Å². The third kappa shape index (κ3) is 4.73. The second kappa shape index (κ2) is 7.47. The van der Waals surface area contributed by atoms with Gasteiger partial charge < -0.3 is 19.4 Å². The highest BCUT2D eigenvalue weighted by molar-refractivity contribution is 14.1. The Hall–Kier alpha value is -0.960. The standard InChI is InChI=1S/C11H11IO5S/c12-7-1-2-8(11(14)15)9(5-7)16-3-4-17-10(13)6-18/h1-2,5,18H,3-4,6H2,(H,14,15)/p-1. The quantitative estimate of drug-likeness (QED) is 0.336. The van der Waals surface area contributed by atoms with Gasteiger partial charge >= 0.3 is 5.97 Å². The highest BCUT2D eigenvalue weighted by Crippen LogP contribution is 2.21. The summed E-state index contributed by atoms with van der Waals surface area (Å²) in [6, 6.07) is 4.62. The lowest BCUT2D eigenvalue weighted by Crippen LogP contribution is -2.23. The molecule has 98 valence electrons. The van der Waals surface area contributed by atoms with Crippen molar-refractivity contribution >= 4 is 47.2 Å². The van der Waals surface area contributed by atoms with Crippen LogP contribution >= 0.6 is 35.2 Å². The first-order chi connectivity index (χ1) is 8.54. The molecular formula is C11H10IO5S-. The largest absolute Gasteiger partial charge is 0.545 e. The molecule has 5 nitrogen and oxygen atoms in total. The van der Waals surface area contributed by atoms with E-state index in [2.05, 4.69) is 12.6 Å². The lowest BCUT2D eigenvalue weighted by Gasteiger charge is -2.12. The van der Waals surface area contributed by atoms with Crippen LogP contribution in [-0.2, 0) is 9.53 Å². The Bertz CT molecular complexity index is 449. The number of ether oxygens (including phenoxy) is 2. The van der Waals surface area contributed by atoms with Crippen LogP contribution in [0.3, 0.4) is 0 Å². The maximum absolute atomic E-state index is 10.8. The van der Waals surface area contributed by atoms with Gasteiger partial charge in [-0.2, -0.15) is 12.6 Å². The van der Waals surface area contributed by atoms with E-state index in [4.69, 9.17) is 9.47 Å². The fourth-order valence-electron chi connectivity index (χ4n) is 1.14. The Morgan fingerprint density at radius 3 is 2.67 bits per heavy atom. The molecular weight excluding hydrogens is 371 g/mol. The first-order valence-electron chi connectivity index (χ1n) is 4.94. The van der Waals surface area contributed by atoms with E-state index in [-0.39, 0.29) is 30.3 Å². The molecule has 0 spiro atoms. The summed E-state index contributed by atoms with van der Waals surface area (Å²) in [4.78, 5) is 21.6. The number of esters is 1. The van der Waals surface area contributed by atoms with Gasteiger partial charge in [-0.3, -0.25) is 4.79 Å². The van der Waals surface area contributed by atoms with Crippen molar-refractivity contribution in [3.63, 3.8) is 0 Å². The van der Waals surface area contributed by atoms with Crippen molar-refractivity contribution < 1.29 is 24.2 Å². The van der Waals surface area contributed by atoms with Gasteiger partial charge in [-0.05, 0) is 40.8 Å². The van der Waals surface area contributed by atoms with Crippen molar-refractivity contribution in [1.29, 1.82) is 0 Å². The molecule has 0 aliphatic carbocycles. The number of hydrogen-bond donors (Lipinski definition) is 1. The second-order valence-corrected chi connectivity index (χ2v) is 4.72. The van der Waals surface area contributed by atoms with Crippen LogP contribution in [0.25, 0.3) is 0 Å². The normalized spacial score (nSPS) is 9.89. The van der Waals surface area contributed by atoms with Crippen LogP contribution in [0, 0.1) is 3.57 Å². The summed E-state index contributed by atoms with van der Waals surface area (Å²) in [5, 5.41) is 10.8. The Balaban J connectivity index is 2.58. The lowest BCUT2D eigenvalue weighted by atomic mass is 10.2. The van der Waals surface area contributed by atoms with Crippen molar-refractivity contribution in [2.45, 2.75) is 0 Å². The molecule has 0 aromatic heterocycles. The maximum atomic E-state index is 10.8. The van der Waals surface area contributed by atoms with Gasteiger partial charge in [-0.1, -0.05) is 0 Å². The van der Waals surface area contributed by atoms with Gasteiger partial charge in [0.2, 0.25) is 0 Å². The molecule has 0 N–H and O–H groups in total. The molecule has 1 aromatic rings. The van der Waals surface area contributed by atoms with E-state index in [1.54, 1.807) is 12.1 Å². The zero-order valence-electron chi connectivity index (χ0n) is 9.22. The third-order valence-electron chi connectivity index (χ3n) is 1.90. The third-order valence-corrected chi connectivity index (χ3v) is 2.83. The van der Waals surface area contributed by atoms with Gasteiger partial charge in [0.15, 0.2) is 0 Å². The molecule has 0 saturated heterocycles. The van der Waals surface area contributed by atoms with Crippen LogP contribution in [0.2, 0.25) is 0 Å². The van der Waals surface area contributed by atoms with Crippen molar-refractivity contribution in [3.05, 3.63) is 27.3 Å². The number of carboxylic acids is 1. The Morgan fingerprint density at radius 2 is 2.06 bits per heavy atom. The molecule has 0 bridgehead atoms. The number of carbonyl (C=O) groups is 2. The Kier molecular flexibility index (Phi) is 6.27. The molecule has 1 rings (SSSR count). The minimum absolute atomic E-state index is 0.00642. The van der Waals surface area contributed by atoms with E-state index < -0.39 is 11.9 Å². The summed E-state index contributed by atoms with van der Waals surface area (Å²) < 4.78 is 10.8. The maximum Gasteiger partial charge on any atom is 0.315 e. The molecule has 0 unspecified atom stereocenters. The molecule has 0 amide bonds. The smallest absolute Gasteiger partial charge is 0.315 e. The number of halogens is 1. The van der Waals surface area contributed by atoms with Gasteiger partial charge in [-0.15, -0.1) is 0 Å². The fraction of sp³-hybridized carbons (Fsp3) is 0.273. The van der Waals surface area contributed by atoms with Crippen molar-refractivity contribution in [2.75, 3.05) is 19.0 Å². The van der Waals surface area contributed by atoms with Crippen LogP contribution in [-0.4, -0.2) is 30.9 Å². The Labute approximate surface area is 123 Å². The molecule has 0 fully saturated rings. The zero-order chi connectivity index (χ0) is 13.5. The first-order valence-corrected chi connectivity index (χ1v) is 6.66. The van der Waals surface area contributed by atoms with Crippen LogP contribution in [0.15, 0.2) is 18.2 Å². The number of thiol groups is 1. The van der Waals surface area contributed by atoms with Gasteiger partial charge in [0.1, 0.15) is 19.0 Å². The minimum atomic E-state index is -1.31. The number of rotatable bonds is 6. The van der Waals surface area contributed by atoms with Crippen LogP contribution in [0.5, 0.6) is 5.75 Å². The predicted molar refractivity (Wildman–Crippen MR) is 73.8 cm³/mol. The monoisotopic (exact) mass is 381 g/mol. The summed E-state index contributed by atoms with van der Waals surface area (Å²) in [5.74, 6) is -1.57. The van der Waals surface area contributed by atoms with Crippen molar-refractivity contribution in [2.24, 2.45) is 0 Å². The van der Waals surface area contributed by atoms with E-state index in [0.717, 1.165) is 3.57 Å². The molecule has 0 saturated carbocycles.